The zero-order valence-electron chi connectivity index (χ0n) is 15.3. The summed E-state index contributed by atoms with van der Waals surface area (Å²) in [6.45, 7) is 1.42. The molecular formula is C18H17ClN4O4S. The van der Waals surface area contributed by atoms with Crippen molar-refractivity contribution in [3.05, 3.63) is 35.4 Å². The average molecular weight is 421 g/mol. The van der Waals surface area contributed by atoms with Crippen molar-refractivity contribution >= 4 is 61.6 Å². The van der Waals surface area contributed by atoms with Gasteiger partial charge in [0, 0.05) is 18.7 Å². The van der Waals surface area contributed by atoms with Crippen molar-refractivity contribution in [1.82, 2.24) is 4.98 Å². The Hall–Kier alpha value is -3.04. The minimum absolute atomic E-state index is 0.191. The Kier molecular flexibility index (Phi) is 5.86. The lowest BCUT2D eigenvalue weighted by molar-refractivity contribution is -0.114. The normalized spacial score (nSPS) is 10.4. The van der Waals surface area contributed by atoms with Gasteiger partial charge >= 0.3 is 6.03 Å². The van der Waals surface area contributed by atoms with Crippen LogP contribution < -0.4 is 25.4 Å². The summed E-state index contributed by atoms with van der Waals surface area (Å²) in [6.07, 6.45) is 0. The minimum Gasteiger partial charge on any atom is -0.495 e. The highest BCUT2D eigenvalue weighted by Gasteiger charge is 2.13. The van der Waals surface area contributed by atoms with Gasteiger partial charge in [0.15, 0.2) is 5.13 Å². The summed E-state index contributed by atoms with van der Waals surface area (Å²) in [5, 5.41) is 8.93. The largest absolute Gasteiger partial charge is 0.495 e. The minimum atomic E-state index is -0.467. The van der Waals surface area contributed by atoms with Gasteiger partial charge in [-0.1, -0.05) is 22.9 Å². The Morgan fingerprint density at radius 2 is 1.79 bits per heavy atom. The molecule has 10 heteroatoms. The third-order valence-electron chi connectivity index (χ3n) is 3.65. The Labute approximate surface area is 169 Å². The van der Waals surface area contributed by atoms with Gasteiger partial charge in [-0.05, 0) is 24.3 Å². The molecule has 28 heavy (non-hydrogen) atoms. The topological polar surface area (TPSA) is 102 Å². The van der Waals surface area contributed by atoms with E-state index in [4.69, 9.17) is 21.1 Å². The number of benzene rings is 2. The second kappa shape index (κ2) is 8.32. The van der Waals surface area contributed by atoms with E-state index >= 15 is 0 Å². The first-order chi connectivity index (χ1) is 13.4. The van der Waals surface area contributed by atoms with Crippen LogP contribution in [-0.2, 0) is 4.79 Å². The maximum atomic E-state index is 12.4. The molecule has 3 rings (SSSR count). The number of ether oxygens (including phenoxy) is 2. The number of carbonyl (C=O) groups is 2. The number of nitrogens with one attached hydrogen (secondary N) is 3. The van der Waals surface area contributed by atoms with Crippen LogP contribution in [0.15, 0.2) is 30.3 Å². The van der Waals surface area contributed by atoms with Gasteiger partial charge in [0.2, 0.25) is 5.91 Å². The van der Waals surface area contributed by atoms with E-state index in [1.807, 2.05) is 0 Å². The molecule has 1 heterocycles. The highest BCUT2D eigenvalue weighted by atomic mass is 35.5. The van der Waals surface area contributed by atoms with Crippen molar-refractivity contribution in [2.45, 2.75) is 6.92 Å². The van der Waals surface area contributed by atoms with Crippen molar-refractivity contribution in [2.75, 3.05) is 30.2 Å². The Morgan fingerprint density at radius 3 is 2.46 bits per heavy atom. The molecular weight excluding hydrogens is 404 g/mol. The van der Waals surface area contributed by atoms with Gasteiger partial charge in [0.1, 0.15) is 11.5 Å². The number of urea groups is 1. The molecule has 0 fully saturated rings. The van der Waals surface area contributed by atoms with Crippen LogP contribution >= 0.6 is 22.9 Å². The number of aromatic nitrogens is 1. The van der Waals surface area contributed by atoms with Crippen molar-refractivity contribution in [3.63, 3.8) is 0 Å². The molecule has 1 aromatic heterocycles. The first-order valence-electron chi connectivity index (χ1n) is 8.07. The quantitative estimate of drug-likeness (QED) is 0.561. The summed E-state index contributed by atoms with van der Waals surface area (Å²) in [6, 6.07) is 7.92. The van der Waals surface area contributed by atoms with Crippen molar-refractivity contribution in [3.8, 4) is 11.5 Å². The van der Waals surface area contributed by atoms with Crippen LogP contribution in [0.25, 0.3) is 10.2 Å². The Bertz CT molecular complexity index is 1050. The van der Waals surface area contributed by atoms with Gasteiger partial charge in [0.05, 0.1) is 35.1 Å². The maximum Gasteiger partial charge on any atom is 0.323 e. The third kappa shape index (κ3) is 4.44. The lowest BCUT2D eigenvalue weighted by Gasteiger charge is -2.13. The second-order valence-corrected chi connectivity index (χ2v) is 7.09. The SMILES string of the molecule is COc1cc(OC)c(NC(=O)Nc2ccc3nc(NC(C)=O)sc3c2)cc1Cl. The molecule has 3 aromatic rings. The molecule has 0 bridgehead atoms. The van der Waals surface area contributed by atoms with Gasteiger partial charge in [-0.2, -0.15) is 0 Å². The number of fused-ring (bicyclic) bond motifs is 1. The van der Waals surface area contributed by atoms with E-state index in [0.717, 1.165) is 10.2 Å². The maximum absolute atomic E-state index is 12.4. The summed E-state index contributed by atoms with van der Waals surface area (Å²) < 4.78 is 11.2. The number of amides is 3. The number of rotatable bonds is 5. The number of thiazole rings is 1. The summed E-state index contributed by atoms with van der Waals surface area (Å²) in [5.74, 6) is 0.660. The van der Waals surface area contributed by atoms with E-state index in [0.29, 0.717) is 33.0 Å². The lowest BCUT2D eigenvalue weighted by Crippen LogP contribution is -2.19. The monoisotopic (exact) mass is 420 g/mol. The molecule has 0 saturated carbocycles. The number of carbonyl (C=O) groups excluding carboxylic acids is 2. The van der Waals surface area contributed by atoms with Gasteiger partial charge in [-0.25, -0.2) is 9.78 Å². The number of methoxy groups -OCH3 is 2. The van der Waals surface area contributed by atoms with Crippen LogP contribution in [0.5, 0.6) is 11.5 Å². The second-order valence-electron chi connectivity index (χ2n) is 5.65. The fraction of sp³-hybridized carbons (Fsp3) is 0.167. The van der Waals surface area contributed by atoms with Crippen molar-refractivity contribution in [1.29, 1.82) is 0 Å². The van der Waals surface area contributed by atoms with Gasteiger partial charge in [-0.15, -0.1) is 0 Å². The van der Waals surface area contributed by atoms with Crippen LogP contribution in [0.3, 0.4) is 0 Å². The van der Waals surface area contributed by atoms with Crippen molar-refractivity contribution in [2.24, 2.45) is 0 Å². The van der Waals surface area contributed by atoms with E-state index in [-0.39, 0.29) is 5.91 Å². The molecule has 0 aliphatic heterocycles. The molecule has 0 saturated heterocycles. The summed E-state index contributed by atoms with van der Waals surface area (Å²) in [7, 11) is 2.98. The van der Waals surface area contributed by atoms with E-state index < -0.39 is 6.03 Å². The van der Waals surface area contributed by atoms with Crippen LogP contribution in [-0.4, -0.2) is 31.1 Å². The van der Waals surface area contributed by atoms with Crippen molar-refractivity contribution < 1.29 is 19.1 Å². The molecule has 8 nitrogen and oxygen atoms in total. The molecule has 146 valence electrons. The standard InChI is InChI=1S/C18H17ClN4O4S/c1-9(24)20-18-23-12-5-4-10(6-16(12)28-18)21-17(25)22-13-7-11(19)14(26-2)8-15(13)27-3/h4-8H,1-3H3,(H,20,23,24)(H2,21,22,25). The Morgan fingerprint density at radius 1 is 1.04 bits per heavy atom. The van der Waals surface area contributed by atoms with Gasteiger partial charge in [-0.3, -0.25) is 4.79 Å². The van der Waals surface area contributed by atoms with Gasteiger partial charge < -0.3 is 25.4 Å². The summed E-state index contributed by atoms with van der Waals surface area (Å²) in [5.41, 5.74) is 1.70. The lowest BCUT2D eigenvalue weighted by atomic mass is 10.2. The van der Waals surface area contributed by atoms with E-state index in [9.17, 15) is 9.59 Å². The highest BCUT2D eigenvalue weighted by molar-refractivity contribution is 7.22. The van der Waals surface area contributed by atoms with E-state index in [1.54, 1.807) is 30.3 Å². The van der Waals surface area contributed by atoms with Gasteiger partial charge in [0.25, 0.3) is 0 Å². The average Bonchev–Trinajstić information content (AvgIpc) is 3.02. The summed E-state index contributed by atoms with van der Waals surface area (Å²) >= 11 is 7.43. The van der Waals surface area contributed by atoms with E-state index in [2.05, 4.69) is 20.9 Å². The fourth-order valence-electron chi connectivity index (χ4n) is 2.45. The Balaban J connectivity index is 1.76. The smallest absolute Gasteiger partial charge is 0.323 e. The van der Waals surface area contributed by atoms with Crippen LogP contribution in [0.2, 0.25) is 5.02 Å². The highest BCUT2D eigenvalue weighted by Crippen LogP contribution is 2.36. The molecule has 0 unspecified atom stereocenters. The van der Waals surface area contributed by atoms with E-state index in [1.165, 1.54) is 32.5 Å². The molecule has 0 radical (unpaired) electrons. The number of nitrogens with zero attached hydrogens (tertiary/aromatic N) is 1. The zero-order valence-corrected chi connectivity index (χ0v) is 16.8. The number of hydrogen-bond donors (Lipinski definition) is 3. The summed E-state index contributed by atoms with van der Waals surface area (Å²) in [4.78, 5) is 27.8. The first-order valence-corrected chi connectivity index (χ1v) is 9.26. The number of hydrogen-bond acceptors (Lipinski definition) is 6. The predicted molar refractivity (Wildman–Crippen MR) is 111 cm³/mol. The van der Waals surface area contributed by atoms with Crippen LogP contribution in [0, 0.1) is 0 Å². The molecule has 2 aromatic carbocycles. The van der Waals surface area contributed by atoms with Crippen LogP contribution in [0.4, 0.5) is 21.3 Å². The molecule has 3 N–H and O–H groups in total. The molecule has 0 atom stereocenters. The van der Waals surface area contributed by atoms with Crippen LogP contribution in [0.1, 0.15) is 6.92 Å². The predicted octanol–water partition coefficient (Wildman–Crippen LogP) is 4.57. The zero-order chi connectivity index (χ0) is 20.3. The molecule has 0 spiro atoms. The number of anilines is 3. The molecule has 3 amide bonds. The molecule has 0 aliphatic carbocycles. The number of halogens is 1. The first kappa shape index (κ1) is 19.7. The third-order valence-corrected chi connectivity index (χ3v) is 4.88. The molecule has 0 aliphatic rings. The fourth-order valence-corrected chi connectivity index (χ4v) is 3.64.